The van der Waals surface area contributed by atoms with Crippen molar-refractivity contribution in [3.63, 3.8) is 0 Å². The van der Waals surface area contributed by atoms with Crippen molar-refractivity contribution in [1.29, 1.82) is 0 Å². The van der Waals surface area contributed by atoms with Crippen molar-refractivity contribution >= 4 is 11.7 Å². The van der Waals surface area contributed by atoms with E-state index in [0.717, 1.165) is 35.9 Å². The van der Waals surface area contributed by atoms with Crippen LogP contribution in [-0.2, 0) is 21.1 Å². The maximum atomic E-state index is 5.38. The Labute approximate surface area is 272 Å². The molecule has 2 fully saturated rings. The first kappa shape index (κ1) is 31.0. The molecule has 0 saturated heterocycles. The van der Waals surface area contributed by atoms with Gasteiger partial charge in [0.15, 0.2) is 0 Å². The van der Waals surface area contributed by atoms with E-state index in [4.69, 9.17) is 9.98 Å². The predicted octanol–water partition coefficient (Wildman–Crippen LogP) is 4.76. The Morgan fingerprint density at radius 2 is 0.929 bits per heavy atom. The number of rotatable bonds is 6. The van der Waals surface area contributed by atoms with Gasteiger partial charge in [0, 0.05) is 63.4 Å². The van der Waals surface area contributed by atoms with Gasteiger partial charge in [-0.1, -0.05) is 117 Å². The molecule has 3 aromatic carbocycles. The first-order valence-electron chi connectivity index (χ1n) is 15.7. The number of benzene rings is 3. The van der Waals surface area contributed by atoms with E-state index in [2.05, 4.69) is 94.7 Å². The van der Waals surface area contributed by atoms with Gasteiger partial charge in [-0.25, -0.2) is 0 Å². The number of hydrogen-bond donors (Lipinski definition) is 0. The van der Waals surface area contributed by atoms with Crippen LogP contribution in [0.3, 0.4) is 0 Å². The molecule has 0 bridgehead atoms. The van der Waals surface area contributed by atoms with Crippen molar-refractivity contribution in [2.45, 2.75) is 88.4 Å². The molecular formula is C36H41ClN4Pt-. The molecular weight excluding hydrogens is 719 g/mol. The summed E-state index contributed by atoms with van der Waals surface area (Å²) in [5.41, 5.74) is 4.86. The first-order valence-corrected chi connectivity index (χ1v) is 15.7. The van der Waals surface area contributed by atoms with Crippen LogP contribution in [0.5, 0.6) is 0 Å². The first-order chi connectivity index (χ1) is 19.8. The van der Waals surface area contributed by atoms with Gasteiger partial charge >= 0.3 is 0 Å². The molecule has 0 N–H and O–H groups in total. The second-order valence-electron chi connectivity index (χ2n) is 12.1. The van der Waals surface area contributed by atoms with E-state index in [1.165, 1.54) is 75.3 Å². The molecule has 0 spiro atoms. The van der Waals surface area contributed by atoms with Crippen LogP contribution in [0.4, 0.5) is 0 Å². The van der Waals surface area contributed by atoms with Gasteiger partial charge in [-0.3, -0.25) is 9.98 Å². The van der Waals surface area contributed by atoms with Crippen LogP contribution in [-0.4, -0.2) is 46.6 Å². The molecule has 1 radical (unpaired) electrons. The van der Waals surface area contributed by atoms with Crippen molar-refractivity contribution in [1.82, 2.24) is 9.80 Å². The molecule has 223 valence electrons. The number of hydrogen-bond acceptors (Lipinski definition) is 4. The molecule has 2 heterocycles. The Bertz CT molecular complexity index is 1250. The van der Waals surface area contributed by atoms with E-state index in [9.17, 15) is 0 Å². The summed E-state index contributed by atoms with van der Waals surface area (Å²) in [4.78, 5) is 16.0. The maximum absolute atomic E-state index is 5.38. The second kappa shape index (κ2) is 14.4. The summed E-state index contributed by atoms with van der Waals surface area (Å²) >= 11 is 0. The largest absolute Gasteiger partial charge is 1.00 e. The molecule has 2 aliphatic heterocycles. The average molecular weight is 760 g/mol. The SMILES string of the molecule is [Cl-].[Pt].[c]1c(C2=N[C@@H](c3ccccc3)CN2C2CCCCC2)cccc1C1=N[C@@H](c2ccccc2)CN1C1CCCCC1. The summed E-state index contributed by atoms with van der Waals surface area (Å²) in [6.07, 6.45) is 13.1. The molecule has 4 aliphatic rings. The molecule has 2 saturated carbocycles. The zero-order valence-corrected chi connectivity index (χ0v) is 27.3. The minimum absolute atomic E-state index is 0. The Kier molecular flexibility index (Phi) is 10.6. The van der Waals surface area contributed by atoms with E-state index >= 15 is 0 Å². The molecule has 4 nitrogen and oxygen atoms in total. The molecule has 6 heteroatoms. The van der Waals surface area contributed by atoms with Crippen LogP contribution in [0, 0.1) is 6.07 Å². The summed E-state index contributed by atoms with van der Waals surface area (Å²) in [5.74, 6) is 2.26. The third-order valence-corrected chi connectivity index (χ3v) is 9.52. The zero-order valence-electron chi connectivity index (χ0n) is 24.3. The minimum atomic E-state index is 0. The minimum Gasteiger partial charge on any atom is -1.00 e. The van der Waals surface area contributed by atoms with Crippen molar-refractivity contribution in [2.24, 2.45) is 9.98 Å². The second-order valence-corrected chi connectivity index (χ2v) is 12.1. The predicted molar refractivity (Wildman–Crippen MR) is 164 cm³/mol. The molecule has 2 atom stereocenters. The average Bonchev–Trinajstić information content (AvgIpc) is 3.69. The van der Waals surface area contributed by atoms with Crippen LogP contribution in [0.2, 0.25) is 0 Å². The van der Waals surface area contributed by atoms with Crippen molar-refractivity contribution in [3.8, 4) is 0 Å². The number of nitrogens with zero attached hydrogens (tertiary/aromatic N) is 4. The smallest absolute Gasteiger partial charge is 0.132 e. The van der Waals surface area contributed by atoms with Crippen molar-refractivity contribution in [3.05, 3.63) is 107 Å². The maximum Gasteiger partial charge on any atom is 0.132 e. The number of amidine groups is 2. The Balaban J connectivity index is 0.00000176. The third-order valence-electron chi connectivity index (χ3n) is 9.52. The van der Waals surface area contributed by atoms with Crippen LogP contribution in [0.15, 0.2) is 88.8 Å². The fraction of sp³-hybridized carbons (Fsp3) is 0.444. The van der Waals surface area contributed by atoms with Gasteiger partial charge in [-0.2, -0.15) is 0 Å². The van der Waals surface area contributed by atoms with Gasteiger partial charge in [0.1, 0.15) is 11.7 Å². The van der Waals surface area contributed by atoms with Crippen LogP contribution >= 0.6 is 0 Å². The number of aliphatic imine (C=N–C) groups is 2. The van der Waals surface area contributed by atoms with E-state index in [1.807, 2.05) is 0 Å². The fourth-order valence-electron chi connectivity index (χ4n) is 7.39. The van der Waals surface area contributed by atoms with Gasteiger partial charge in [-0.05, 0) is 36.8 Å². The third kappa shape index (κ3) is 6.56. The fourth-order valence-corrected chi connectivity index (χ4v) is 7.39. The molecule has 42 heavy (non-hydrogen) atoms. The Morgan fingerprint density at radius 1 is 0.524 bits per heavy atom. The Morgan fingerprint density at radius 3 is 1.33 bits per heavy atom. The van der Waals surface area contributed by atoms with Crippen LogP contribution < -0.4 is 12.4 Å². The zero-order chi connectivity index (χ0) is 26.7. The Hall–Kier alpha value is -2.42. The topological polar surface area (TPSA) is 31.2 Å². The van der Waals surface area contributed by atoms with E-state index in [1.54, 1.807) is 0 Å². The summed E-state index contributed by atoms with van der Waals surface area (Å²) in [6, 6.07) is 33.7. The van der Waals surface area contributed by atoms with Gasteiger partial charge in [0.2, 0.25) is 0 Å². The summed E-state index contributed by atoms with van der Waals surface area (Å²) < 4.78 is 0. The van der Waals surface area contributed by atoms with E-state index in [0.29, 0.717) is 12.1 Å². The van der Waals surface area contributed by atoms with Crippen LogP contribution in [0.1, 0.15) is 98.5 Å². The van der Waals surface area contributed by atoms with Crippen molar-refractivity contribution < 1.29 is 33.5 Å². The molecule has 0 amide bonds. The normalized spacial score (nSPS) is 23.1. The van der Waals surface area contributed by atoms with E-state index in [-0.39, 0.29) is 45.6 Å². The summed E-state index contributed by atoms with van der Waals surface area (Å²) in [6.45, 7) is 1.93. The van der Waals surface area contributed by atoms with Gasteiger partial charge < -0.3 is 22.2 Å². The van der Waals surface area contributed by atoms with Gasteiger partial charge in [-0.15, -0.1) is 0 Å². The molecule has 7 rings (SSSR count). The molecule has 0 unspecified atom stereocenters. The standard InChI is InChI=1S/C36H41N4.ClH.Pt/c1-5-14-27(15-6-1)33-25-39(31-20-9-3-10-21-31)35(37-33)29-18-13-19-30(24-29)36-38-34(28-16-7-2-8-17-28)26-40(36)32-22-11-4-12-23-32;;/h1-2,5-8,13-19,31-34H,3-4,9-12,20-23,25-26H2;1H;/p-1/t33-,34-;;/m1../s1. The van der Waals surface area contributed by atoms with Crippen molar-refractivity contribution in [2.75, 3.05) is 13.1 Å². The summed E-state index contributed by atoms with van der Waals surface area (Å²) in [7, 11) is 0. The number of halogens is 1. The van der Waals surface area contributed by atoms with Gasteiger partial charge in [0.05, 0.1) is 12.1 Å². The quantitative estimate of drug-likeness (QED) is 0.364. The molecule has 2 aliphatic carbocycles. The van der Waals surface area contributed by atoms with E-state index < -0.39 is 0 Å². The summed E-state index contributed by atoms with van der Waals surface area (Å²) in [5, 5.41) is 0. The van der Waals surface area contributed by atoms with Gasteiger partial charge in [0.25, 0.3) is 0 Å². The molecule has 3 aromatic rings. The monoisotopic (exact) mass is 759 g/mol. The molecule has 0 aromatic heterocycles. The van der Waals surface area contributed by atoms with Crippen LogP contribution in [0.25, 0.3) is 0 Å².